The van der Waals surface area contributed by atoms with Gasteiger partial charge in [0.05, 0.1) is 5.69 Å². The van der Waals surface area contributed by atoms with Gasteiger partial charge in [-0.25, -0.2) is 8.70 Å². The van der Waals surface area contributed by atoms with Crippen molar-refractivity contribution < 1.29 is 22.4 Å². The summed E-state index contributed by atoms with van der Waals surface area (Å²) in [6.07, 6.45) is 0.235. The Morgan fingerprint density at radius 1 is 0.902 bits per heavy atom. The van der Waals surface area contributed by atoms with Gasteiger partial charge in [-0.3, -0.25) is 9.59 Å². The van der Waals surface area contributed by atoms with Crippen LogP contribution in [0.15, 0.2) is 78.9 Å². The summed E-state index contributed by atoms with van der Waals surface area (Å²) in [5, 5.41) is 2.96. The molecule has 220 valence electrons. The summed E-state index contributed by atoms with van der Waals surface area (Å²) >= 11 is 0. The van der Waals surface area contributed by atoms with Crippen molar-refractivity contribution in [2.24, 2.45) is 5.92 Å². The zero-order valence-electron chi connectivity index (χ0n) is 24.2. The Hall–Kier alpha value is -3.76. The fourth-order valence-corrected chi connectivity index (χ4v) is 5.36. The monoisotopic (exact) mass is 582 g/mol. The molecule has 0 aliphatic carbocycles. The highest BCUT2D eigenvalue weighted by molar-refractivity contribution is 7.90. The van der Waals surface area contributed by atoms with Gasteiger partial charge in [-0.15, -0.1) is 0 Å². The van der Waals surface area contributed by atoms with Crippen LogP contribution in [0.5, 0.6) is 0 Å². The van der Waals surface area contributed by atoms with Gasteiger partial charge in [0.15, 0.2) is 0 Å². The van der Waals surface area contributed by atoms with Crippen molar-refractivity contribution in [3.63, 3.8) is 0 Å². The van der Waals surface area contributed by atoms with Crippen LogP contribution in [0.4, 0.5) is 10.1 Å². The van der Waals surface area contributed by atoms with Crippen molar-refractivity contribution in [2.75, 3.05) is 31.5 Å². The van der Waals surface area contributed by atoms with Crippen molar-refractivity contribution in [2.45, 2.75) is 39.8 Å². The number of nitrogens with one attached hydrogen (secondary N) is 1. The van der Waals surface area contributed by atoms with E-state index in [0.717, 1.165) is 37.4 Å². The maximum Gasteiger partial charge on any atom is 0.304 e. The third kappa shape index (κ3) is 8.86. The summed E-state index contributed by atoms with van der Waals surface area (Å²) in [6, 6.07) is 21.0. The normalized spacial score (nSPS) is 12.3. The lowest BCUT2D eigenvalue weighted by Gasteiger charge is -2.34. The van der Waals surface area contributed by atoms with Gasteiger partial charge in [0.25, 0.3) is 0 Å². The Morgan fingerprint density at radius 2 is 1.54 bits per heavy atom. The standard InChI is InChI=1S/C31H39FN4O4S/c1-23(2)20-33-31(38)29(19-25-11-7-6-8-12-25)35(21-26-13-9-10-24(3)18-26)30(37)22-36(41(39,40)34(4)5)28-16-14-27(32)15-17-28/h6-18,23,29H,19-22H2,1-5H3,(H,33,38)/t29-/m1/s1. The Kier molecular flexibility index (Phi) is 11.0. The SMILES string of the molecule is Cc1cccc(CN(C(=O)CN(c2ccc(F)cc2)S(=O)(=O)N(C)C)[C@H](Cc2ccccc2)C(=O)NCC(C)C)c1. The predicted molar refractivity (Wildman–Crippen MR) is 160 cm³/mol. The van der Waals surface area contributed by atoms with Crippen LogP contribution in [0.3, 0.4) is 0 Å². The summed E-state index contributed by atoms with van der Waals surface area (Å²) in [5.41, 5.74) is 2.78. The first-order valence-corrected chi connectivity index (χ1v) is 14.9. The molecule has 0 aliphatic rings. The van der Waals surface area contributed by atoms with E-state index in [2.05, 4.69) is 5.32 Å². The molecule has 0 spiro atoms. The Balaban J connectivity index is 2.08. The van der Waals surface area contributed by atoms with Crippen molar-refractivity contribution in [3.8, 4) is 0 Å². The molecule has 3 aromatic rings. The second kappa shape index (κ2) is 14.2. The highest BCUT2D eigenvalue weighted by atomic mass is 32.2. The zero-order valence-corrected chi connectivity index (χ0v) is 25.1. The van der Waals surface area contributed by atoms with Crippen molar-refractivity contribution >= 4 is 27.7 Å². The molecular weight excluding hydrogens is 543 g/mol. The van der Waals surface area contributed by atoms with Crippen LogP contribution in [0, 0.1) is 18.7 Å². The molecule has 0 heterocycles. The van der Waals surface area contributed by atoms with Gasteiger partial charge in [-0.1, -0.05) is 74.0 Å². The number of amides is 2. The molecule has 3 rings (SSSR count). The van der Waals surface area contributed by atoms with Crippen molar-refractivity contribution in [1.82, 2.24) is 14.5 Å². The molecule has 8 nitrogen and oxygen atoms in total. The van der Waals surface area contributed by atoms with Gasteiger partial charge in [-0.2, -0.15) is 12.7 Å². The predicted octanol–water partition coefficient (Wildman–Crippen LogP) is 4.16. The van der Waals surface area contributed by atoms with E-state index in [1.807, 2.05) is 75.4 Å². The van der Waals surface area contributed by atoms with E-state index in [9.17, 15) is 22.4 Å². The van der Waals surface area contributed by atoms with Crippen LogP contribution in [0.1, 0.15) is 30.5 Å². The molecule has 3 aromatic carbocycles. The van der Waals surface area contributed by atoms with Gasteiger partial charge >= 0.3 is 10.2 Å². The molecule has 2 amide bonds. The summed E-state index contributed by atoms with van der Waals surface area (Å²) < 4.78 is 42.3. The lowest BCUT2D eigenvalue weighted by atomic mass is 10.0. The number of rotatable bonds is 13. The third-order valence-corrected chi connectivity index (χ3v) is 8.34. The first-order valence-electron chi connectivity index (χ1n) is 13.5. The summed E-state index contributed by atoms with van der Waals surface area (Å²) in [6.45, 7) is 5.83. The van der Waals surface area contributed by atoms with Gasteiger partial charge < -0.3 is 10.2 Å². The van der Waals surface area contributed by atoms with E-state index in [4.69, 9.17) is 0 Å². The fourth-order valence-electron chi connectivity index (χ4n) is 4.31. The number of halogens is 1. The van der Waals surface area contributed by atoms with E-state index < -0.39 is 34.5 Å². The lowest BCUT2D eigenvalue weighted by Crippen LogP contribution is -2.54. The molecule has 1 atom stereocenters. The molecular formula is C31H39FN4O4S. The van der Waals surface area contributed by atoms with E-state index in [-0.39, 0.29) is 30.5 Å². The van der Waals surface area contributed by atoms with Crippen LogP contribution in [-0.2, 0) is 32.8 Å². The number of carbonyl (C=O) groups is 2. The maximum absolute atomic E-state index is 14.2. The second-order valence-corrected chi connectivity index (χ2v) is 12.7. The molecule has 0 bridgehead atoms. The van der Waals surface area contributed by atoms with Crippen LogP contribution in [0.2, 0.25) is 0 Å². The average molecular weight is 583 g/mol. The first-order chi connectivity index (χ1) is 19.4. The average Bonchev–Trinajstić information content (AvgIpc) is 2.93. The smallest absolute Gasteiger partial charge is 0.304 e. The van der Waals surface area contributed by atoms with Crippen LogP contribution in [0.25, 0.3) is 0 Å². The molecule has 0 unspecified atom stereocenters. The largest absolute Gasteiger partial charge is 0.354 e. The second-order valence-electron chi connectivity index (χ2n) is 10.6. The van der Waals surface area contributed by atoms with Gasteiger partial charge in [0.1, 0.15) is 18.4 Å². The third-order valence-electron chi connectivity index (χ3n) is 6.52. The molecule has 10 heteroatoms. The summed E-state index contributed by atoms with van der Waals surface area (Å²) in [5.74, 6) is -1.24. The number of anilines is 1. The molecule has 1 N–H and O–H groups in total. The number of hydrogen-bond donors (Lipinski definition) is 1. The molecule has 0 radical (unpaired) electrons. The van der Waals surface area contributed by atoms with Gasteiger partial charge in [-0.05, 0) is 48.2 Å². The number of hydrogen-bond acceptors (Lipinski definition) is 4. The summed E-state index contributed by atoms with van der Waals surface area (Å²) in [4.78, 5) is 29.3. The molecule has 0 fully saturated rings. The van der Waals surface area contributed by atoms with E-state index in [1.165, 1.54) is 31.1 Å². The van der Waals surface area contributed by atoms with Crippen LogP contribution < -0.4 is 9.62 Å². The molecule has 0 aliphatic heterocycles. The number of aryl methyl sites for hydroxylation is 1. The molecule has 0 aromatic heterocycles. The number of nitrogens with zero attached hydrogens (tertiary/aromatic N) is 3. The maximum atomic E-state index is 14.2. The van der Waals surface area contributed by atoms with Gasteiger partial charge in [0, 0.05) is 33.6 Å². The van der Waals surface area contributed by atoms with E-state index in [0.29, 0.717) is 6.54 Å². The van der Waals surface area contributed by atoms with Crippen molar-refractivity contribution in [1.29, 1.82) is 0 Å². The molecule has 41 heavy (non-hydrogen) atoms. The minimum atomic E-state index is -4.14. The quantitative estimate of drug-likeness (QED) is 0.328. The topological polar surface area (TPSA) is 90.0 Å². The number of carbonyl (C=O) groups excluding carboxylic acids is 2. The van der Waals surface area contributed by atoms with Crippen LogP contribution >= 0.6 is 0 Å². The Bertz CT molecular complexity index is 1410. The highest BCUT2D eigenvalue weighted by Gasteiger charge is 2.34. The minimum Gasteiger partial charge on any atom is -0.354 e. The van der Waals surface area contributed by atoms with Crippen LogP contribution in [-0.4, -0.2) is 62.7 Å². The van der Waals surface area contributed by atoms with Crippen molar-refractivity contribution in [3.05, 3.63) is 101 Å². The lowest BCUT2D eigenvalue weighted by molar-refractivity contribution is -0.140. The highest BCUT2D eigenvalue weighted by Crippen LogP contribution is 2.22. The van der Waals surface area contributed by atoms with E-state index >= 15 is 0 Å². The fraction of sp³-hybridized carbons (Fsp3) is 0.355. The molecule has 0 saturated carbocycles. The molecule has 0 saturated heterocycles. The summed E-state index contributed by atoms with van der Waals surface area (Å²) in [7, 11) is -1.42. The first kappa shape index (κ1) is 31.8. The number of benzene rings is 3. The Labute approximate surface area is 243 Å². The van der Waals surface area contributed by atoms with E-state index in [1.54, 1.807) is 0 Å². The van der Waals surface area contributed by atoms with Gasteiger partial charge in [0.2, 0.25) is 11.8 Å². The minimum absolute atomic E-state index is 0.0897. The zero-order chi connectivity index (χ0) is 30.2. The Morgan fingerprint density at radius 3 is 2.12 bits per heavy atom.